The van der Waals surface area contributed by atoms with Gasteiger partial charge in [-0.3, -0.25) is 9.78 Å². The molecule has 0 radical (unpaired) electrons. The minimum Gasteiger partial charge on any atom is -0.481 e. The Balaban J connectivity index is 1.23. The number of aromatic nitrogens is 2. The summed E-state index contributed by atoms with van der Waals surface area (Å²) < 4.78 is 36.9. The van der Waals surface area contributed by atoms with Crippen molar-refractivity contribution in [2.75, 3.05) is 12.8 Å². The van der Waals surface area contributed by atoms with Crippen molar-refractivity contribution in [3.8, 4) is 34.0 Å². The number of carboxylic acids is 1. The SMILES string of the molecule is CS(=O)(=O)c1cncc(COc2nc(OCc3cccc(-c4cccc(-c5ccc6c(c5)C[C@@H](N)C6)c4Cl)c3Cl)c(Br)cc2CNC[C@@H](O)CC(=O)O)c1. The van der Waals surface area contributed by atoms with Crippen molar-refractivity contribution in [2.24, 2.45) is 5.73 Å². The van der Waals surface area contributed by atoms with Crippen molar-refractivity contribution in [3.63, 3.8) is 0 Å². The molecule has 1 aliphatic carbocycles. The van der Waals surface area contributed by atoms with E-state index in [-0.39, 0.29) is 49.0 Å². The molecule has 0 saturated carbocycles. The van der Waals surface area contributed by atoms with Gasteiger partial charge in [0, 0.05) is 71.2 Å². The Hall–Kier alpha value is -4.08. The Morgan fingerprint density at radius 3 is 2.41 bits per heavy atom. The Bertz CT molecular complexity index is 2310. The fraction of sp³-hybridized carbons (Fsp3) is 0.256. The average molecular weight is 857 g/mol. The van der Waals surface area contributed by atoms with Gasteiger partial charge in [0.05, 0.1) is 31.9 Å². The Labute approximate surface area is 331 Å². The number of benzene rings is 3. The fourth-order valence-corrected chi connectivity index (χ4v) is 7.94. The highest BCUT2D eigenvalue weighted by atomic mass is 79.9. The van der Waals surface area contributed by atoms with E-state index in [0.29, 0.717) is 31.2 Å². The zero-order valence-electron chi connectivity index (χ0n) is 29.1. The smallest absolute Gasteiger partial charge is 0.306 e. The van der Waals surface area contributed by atoms with E-state index in [0.717, 1.165) is 41.4 Å². The molecule has 5 aromatic rings. The molecule has 5 N–H and O–H groups in total. The highest BCUT2D eigenvalue weighted by Gasteiger charge is 2.21. The summed E-state index contributed by atoms with van der Waals surface area (Å²) in [5, 5.41) is 23.1. The largest absolute Gasteiger partial charge is 0.481 e. The number of hydrogen-bond donors (Lipinski definition) is 4. The number of nitrogens with two attached hydrogens (primary N) is 1. The van der Waals surface area contributed by atoms with E-state index in [4.69, 9.17) is 43.5 Å². The molecule has 2 heterocycles. The molecule has 6 rings (SSSR count). The third-order valence-electron chi connectivity index (χ3n) is 8.88. The predicted molar refractivity (Wildman–Crippen MR) is 211 cm³/mol. The lowest BCUT2D eigenvalue weighted by Crippen LogP contribution is -2.28. The van der Waals surface area contributed by atoms with Gasteiger partial charge in [0.2, 0.25) is 11.8 Å². The molecule has 0 unspecified atom stereocenters. The zero-order valence-corrected chi connectivity index (χ0v) is 33.0. The van der Waals surface area contributed by atoms with Crippen LogP contribution in [0.3, 0.4) is 0 Å². The van der Waals surface area contributed by atoms with E-state index in [1.165, 1.54) is 29.6 Å². The van der Waals surface area contributed by atoms with Gasteiger partial charge in [-0.15, -0.1) is 0 Å². The summed E-state index contributed by atoms with van der Waals surface area (Å²) >= 11 is 17.6. The molecule has 0 bridgehead atoms. The Kier molecular flexibility index (Phi) is 12.6. The van der Waals surface area contributed by atoms with Crippen LogP contribution in [0.15, 0.2) is 88.5 Å². The molecule has 0 aliphatic heterocycles. The van der Waals surface area contributed by atoms with Gasteiger partial charge in [-0.1, -0.05) is 77.8 Å². The first-order valence-electron chi connectivity index (χ1n) is 16.9. The monoisotopic (exact) mass is 854 g/mol. The van der Waals surface area contributed by atoms with Crippen LogP contribution >= 0.6 is 39.1 Å². The average Bonchev–Trinajstić information content (AvgIpc) is 3.50. The van der Waals surface area contributed by atoms with Crippen molar-refractivity contribution >= 4 is 54.9 Å². The minimum atomic E-state index is -3.49. The lowest BCUT2D eigenvalue weighted by atomic mass is 9.96. The number of aliphatic carboxylic acids is 1. The molecule has 282 valence electrons. The highest BCUT2D eigenvalue weighted by Crippen LogP contribution is 2.41. The molecule has 54 heavy (non-hydrogen) atoms. The van der Waals surface area contributed by atoms with Gasteiger partial charge < -0.3 is 30.7 Å². The summed E-state index contributed by atoms with van der Waals surface area (Å²) in [4.78, 5) is 19.7. The Morgan fingerprint density at radius 1 is 0.944 bits per heavy atom. The highest BCUT2D eigenvalue weighted by molar-refractivity contribution is 9.10. The summed E-state index contributed by atoms with van der Waals surface area (Å²) in [7, 11) is -3.49. The summed E-state index contributed by atoms with van der Waals surface area (Å²) in [5.41, 5.74) is 13.8. The van der Waals surface area contributed by atoms with Crippen LogP contribution in [-0.2, 0) is 47.2 Å². The van der Waals surface area contributed by atoms with E-state index < -0.39 is 28.3 Å². The van der Waals surface area contributed by atoms with Crippen LogP contribution in [0.1, 0.15) is 34.2 Å². The molecule has 1 aliphatic rings. The van der Waals surface area contributed by atoms with Crippen molar-refractivity contribution < 1.29 is 32.9 Å². The number of aliphatic hydroxyl groups excluding tert-OH is 1. The number of nitrogens with zero attached hydrogens (tertiary/aromatic N) is 2. The van der Waals surface area contributed by atoms with E-state index in [1.54, 1.807) is 6.07 Å². The van der Waals surface area contributed by atoms with Gasteiger partial charge in [-0.25, -0.2) is 8.42 Å². The quantitative estimate of drug-likeness (QED) is 0.0873. The number of halogens is 3. The van der Waals surface area contributed by atoms with Gasteiger partial charge in [-0.05, 0) is 57.6 Å². The normalized spacial score (nSPS) is 14.4. The molecule has 11 nitrogen and oxygen atoms in total. The lowest BCUT2D eigenvalue weighted by Gasteiger charge is -2.17. The van der Waals surface area contributed by atoms with Crippen molar-refractivity contribution in [1.82, 2.24) is 15.3 Å². The first kappa shape index (κ1) is 39.6. The van der Waals surface area contributed by atoms with Gasteiger partial charge in [0.25, 0.3) is 0 Å². The summed E-state index contributed by atoms with van der Waals surface area (Å²) in [6.45, 7) is 0.142. The standard InChI is InChI=1S/C39H37BrCl2N4O7S/c1-54(50,51)30-10-22(16-44-19-30)20-52-38-27(17-45-18-29(47)15-35(48)49)14-34(40)39(46-38)53-21-25-4-2-6-32(36(25)41)33-7-3-5-31(37(33)42)24-9-8-23-12-28(43)13-26(23)11-24/h2-11,14,16,19,28-29,45,47H,12-13,15,17-18,20-21,43H2,1H3,(H,48,49)/t28-,29-/m0/s1. The van der Waals surface area contributed by atoms with E-state index in [2.05, 4.69) is 49.4 Å². The number of fused-ring (bicyclic) bond motifs is 1. The summed E-state index contributed by atoms with van der Waals surface area (Å²) in [5.74, 6) is -0.761. The first-order chi connectivity index (χ1) is 25.8. The van der Waals surface area contributed by atoms with Crippen molar-refractivity contribution in [1.29, 1.82) is 0 Å². The predicted octanol–water partition coefficient (Wildman–Crippen LogP) is 6.79. The Morgan fingerprint density at radius 2 is 1.65 bits per heavy atom. The number of ether oxygens (including phenoxy) is 2. The zero-order chi connectivity index (χ0) is 38.6. The number of carbonyl (C=O) groups is 1. The molecule has 15 heteroatoms. The second kappa shape index (κ2) is 17.2. The number of nitrogens with one attached hydrogen (secondary N) is 1. The van der Waals surface area contributed by atoms with E-state index >= 15 is 0 Å². The van der Waals surface area contributed by atoms with Crippen molar-refractivity contribution in [2.45, 2.75) is 56.1 Å². The first-order valence-corrected chi connectivity index (χ1v) is 20.3. The van der Waals surface area contributed by atoms with Crippen LogP contribution in [0.5, 0.6) is 11.8 Å². The maximum absolute atomic E-state index is 12.1. The molecule has 0 fully saturated rings. The molecule has 3 aromatic carbocycles. The third-order valence-corrected chi connectivity index (χ3v) is 11.4. The molecule has 0 saturated heterocycles. The summed E-state index contributed by atoms with van der Waals surface area (Å²) in [6, 6.07) is 21.2. The molecule has 0 amide bonds. The second-order valence-corrected chi connectivity index (χ2v) is 16.7. The van der Waals surface area contributed by atoms with Crippen LogP contribution in [0.4, 0.5) is 0 Å². The van der Waals surface area contributed by atoms with E-state index in [9.17, 15) is 18.3 Å². The van der Waals surface area contributed by atoms with Gasteiger partial charge in [-0.2, -0.15) is 4.98 Å². The topological polar surface area (TPSA) is 174 Å². The molecule has 0 spiro atoms. The maximum Gasteiger partial charge on any atom is 0.306 e. The van der Waals surface area contributed by atoms with Crippen LogP contribution in [0, 0.1) is 0 Å². The number of sulfone groups is 1. The minimum absolute atomic E-state index is 0.00568. The summed E-state index contributed by atoms with van der Waals surface area (Å²) in [6.07, 6.45) is 4.03. The molecular weight excluding hydrogens is 819 g/mol. The number of pyridine rings is 2. The maximum atomic E-state index is 12.1. The number of hydrogen-bond acceptors (Lipinski definition) is 10. The number of carboxylic acid groups (broad SMARTS) is 1. The lowest BCUT2D eigenvalue weighted by molar-refractivity contribution is -0.139. The van der Waals surface area contributed by atoms with Crippen LogP contribution in [-0.4, -0.2) is 59.5 Å². The number of rotatable bonds is 15. The molecule has 2 atom stereocenters. The van der Waals surface area contributed by atoms with Gasteiger partial charge >= 0.3 is 5.97 Å². The van der Waals surface area contributed by atoms with Crippen LogP contribution < -0.4 is 20.5 Å². The molecule has 2 aromatic heterocycles. The van der Waals surface area contributed by atoms with Gasteiger partial charge in [0.1, 0.15) is 13.2 Å². The fourth-order valence-electron chi connectivity index (χ4n) is 6.22. The van der Waals surface area contributed by atoms with Gasteiger partial charge in [0.15, 0.2) is 9.84 Å². The number of aliphatic hydroxyl groups is 1. The third kappa shape index (κ3) is 9.58. The molecular formula is C39H37BrCl2N4O7S. The van der Waals surface area contributed by atoms with Crippen LogP contribution in [0.2, 0.25) is 10.0 Å². The second-order valence-electron chi connectivity index (χ2n) is 13.1. The van der Waals surface area contributed by atoms with Crippen molar-refractivity contribution in [3.05, 3.63) is 121 Å². The van der Waals surface area contributed by atoms with E-state index in [1.807, 2.05) is 36.4 Å². The van der Waals surface area contributed by atoms with Crippen LogP contribution in [0.25, 0.3) is 22.3 Å².